The van der Waals surface area contributed by atoms with Crippen molar-refractivity contribution in [3.63, 3.8) is 0 Å². The average molecular weight is 215 g/mol. The molecule has 0 aromatic heterocycles. The van der Waals surface area contributed by atoms with Crippen LogP contribution in [0, 0.1) is 5.92 Å². The highest BCUT2D eigenvalue weighted by atomic mass is 16.5. The molecular formula is C13H29NO. The summed E-state index contributed by atoms with van der Waals surface area (Å²) in [5.74, 6) is 0.693. The van der Waals surface area contributed by atoms with E-state index in [1.165, 1.54) is 19.3 Å². The van der Waals surface area contributed by atoms with Gasteiger partial charge in [0.2, 0.25) is 0 Å². The summed E-state index contributed by atoms with van der Waals surface area (Å²) >= 11 is 0. The molecule has 0 aliphatic heterocycles. The Balaban J connectivity index is 3.84. The van der Waals surface area contributed by atoms with Crippen molar-refractivity contribution in [1.82, 2.24) is 5.32 Å². The second-order valence-corrected chi connectivity index (χ2v) is 4.48. The van der Waals surface area contributed by atoms with Crippen molar-refractivity contribution in [3.05, 3.63) is 0 Å². The highest BCUT2D eigenvalue weighted by Crippen LogP contribution is 2.10. The molecule has 0 saturated carbocycles. The van der Waals surface area contributed by atoms with E-state index < -0.39 is 0 Å². The number of hydrogen-bond acceptors (Lipinski definition) is 2. The molecule has 0 fully saturated rings. The van der Waals surface area contributed by atoms with Crippen LogP contribution in [0.15, 0.2) is 0 Å². The van der Waals surface area contributed by atoms with Gasteiger partial charge in [-0.05, 0) is 25.8 Å². The van der Waals surface area contributed by atoms with Gasteiger partial charge in [0.15, 0.2) is 0 Å². The average Bonchev–Trinajstić information content (AvgIpc) is 2.23. The van der Waals surface area contributed by atoms with Gasteiger partial charge in [-0.3, -0.25) is 0 Å². The molecule has 0 aliphatic carbocycles. The lowest BCUT2D eigenvalue weighted by Crippen LogP contribution is -2.39. The van der Waals surface area contributed by atoms with Crippen molar-refractivity contribution >= 4 is 0 Å². The molecule has 0 rings (SSSR count). The second-order valence-electron chi connectivity index (χ2n) is 4.48. The van der Waals surface area contributed by atoms with Crippen molar-refractivity contribution in [1.29, 1.82) is 0 Å². The molecular weight excluding hydrogens is 186 g/mol. The smallest absolute Gasteiger partial charge is 0.0625 e. The molecule has 2 heteroatoms. The normalized spacial score (nSPS) is 17.4. The van der Waals surface area contributed by atoms with Crippen LogP contribution in [-0.2, 0) is 4.74 Å². The molecule has 0 aromatic rings. The fourth-order valence-electron chi connectivity index (χ4n) is 1.73. The Bertz CT molecular complexity index is 138. The van der Waals surface area contributed by atoms with Gasteiger partial charge in [0, 0.05) is 6.04 Å². The highest BCUT2D eigenvalue weighted by Gasteiger charge is 2.15. The highest BCUT2D eigenvalue weighted by molar-refractivity contribution is 4.71. The molecule has 0 radical (unpaired) electrons. The molecule has 0 heterocycles. The molecule has 15 heavy (non-hydrogen) atoms. The monoisotopic (exact) mass is 215 g/mol. The molecule has 3 atom stereocenters. The summed E-state index contributed by atoms with van der Waals surface area (Å²) < 4.78 is 5.86. The Morgan fingerprint density at radius 3 is 2.27 bits per heavy atom. The maximum Gasteiger partial charge on any atom is 0.0625 e. The molecule has 92 valence electrons. The molecule has 0 saturated heterocycles. The van der Waals surface area contributed by atoms with E-state index in [9.17, 15) is 0 Å². The molecule has 0 amide bonds. The molecule has 0 aromatic carbocycles. The lowest BCUT2D eigenvalue weighted by atomic mass is 10.00. The lowest BCUT2D eigenvalue weighted by Gasteiger charge is -2.25. The predicted molar refractivity (Wildman–Crippen MR) is 67.2 cm³/mol. The van der Waals surface area contributed by atoms with Gasteiger partial charge in [-0.2, -0.15) is 0 Å². The number of rotatable bonds is 9. The van der Waals surface area contributed by atoms with E-state index in [4.69, 9.17) is 4.74 Å². The van der Waals surface area contributed by atoms with Crippen LogP contribution < -0.4 is 5.32 Å². The molecule has 2 nitrogen and oxygen atoms in total. The Labute approximate surface area is 95.8 Å². The second kappa shape index (κ2) is 9.17. The Hall–Kier alpha value is -0.0800. The van der Waals surface area contributed by atoms with Crippen molar-refractivity contribution in [2.24, 2.45) is 5.92 Å². The van der Waals surface area contributed by atoms with Crippen LogP contribution in [0.4, 0.5) is 0 Å². The van der Waals surface area contributed by atoms with Crippen molar-refractivity contribution < 1.29 is 4.74 Å². The maximum atomic E-state index is 5.86. The minimum Gasteiger partial charge on any atom is -0.377 e. The largest absolute Gasteiger partial charge is 0.377 e. The van der Waals surface area contributed by atoms with E-state index in [0.717, 1.165) is 13.2 Å². The number of likely N-dealkylation sites (N-methyl/N-ethyl adjacent to an activating group) is 1. The first kappa shape index (κ1) is 14.9. The van der Waals surface area contributed by atoms with Crippen molar-refractivity contribution in [2.75, 3.05) is 13.2 Å². The zero-order valence-electron chi connectivity index (χ0n) is 11.2. The van der Waals surface area contributed by atoms with E-state index in [2.05, 4.69) is 39.9 Å². The van der Waals surface area contributed by atoms with E-state index >= 15 is 0 Å². The Kier molecular flexibility index (Phi) is 9.12. The first-order chi connectivity index (χ1) is 7.15. The SMILES string of the molecule is CCCC(C)OCC(NCC)C(C)CC. The fourth-order valence-corrected chi connectivity index (χ4v) is 1.73. The summed E-state index contributed by atoms with van der Waals surface area (Å²) in [4.78, 5) is 0. The zero-order chi connectivity index (χ0) is 11.7. The molecule has 0 bridgehead atoms. The third-order valence-corrected chi connectivity index (χ3v) is 3.05. The molecule has 3 unspecified atom stereocenters. The van der Waals surface area contributed by atoms with Gasteiger partial charge in [0.05, 0.1) is 12.7 Å². The fraction of sp³-hybridized carbons (Fsp3) is 1.00. The quantitative estimate of drug-likeness (QED) is 0.637. The van der Waals surface area contributed by atoms with Crippen LogP contribution in [0.2, 0.25) is 0 Å². The van der Waals surface area contributed by atoms with Crippen molar-refractivity contribution in [2.45, 2.75) is 66.0 Å². The molecule has 0 aliphatic rings. The summed E-state index contributed by atoms with van der Waals surface area (Å²) in [7, 11) is 0. The number of nitrogens with one attached hydrogen (secondary N) is 1. The van der Waals surface area contributed by atoms with Gasteiger partial charge in [-0.15, -0.1) is 0 Å². The Morgan fingerprint density at radius 1 is 1.13 bits per heavy atom. The van der Waals surface area contributed by atoms with Crippen LogP contribution in [0.1, 0.15) is 53.9 Å². The molecule has 0 spiro atoms. The van der Waals surface area contributed by atoms with Crippen LogP contribution in [0.3, 0.4) is 0 Å². The first-order valence-electron chi connectivity index (χ1n) is 6.50. The van der Waals surface area contributed by atoms with Crippen molar-refractivity contribution in [3.8, 4) is 0 Å². The van der Waals surface area contributed by atoms with Gasteiger partial charge < -0.3 is 10.1 Å². The van der Waals surface area contributed by atoms with Crippen LogP contribution in [0.25, 0.3) is 0 Å². The standard InChI is InChI=1S/C13H29NO/c1-6-9-12(5)15-10-13(14-8-3)11(4)7-2/h11-14H,6-10H2,1-5H3. The van der Waals surface area contributed by atoms with E-state index in [1.807, 2.05) is 0 Å². The first-order valence-corrected chi connectivity index (χ1v) is 6.50. The van der Waals surface area contributed by atoms with Crippen LogP contribution in [0.5, 0.6) is 0 Å². The van der Waals surface area contributed by atoms with E-state index in [-0.39, 0.29) is 0 Å². The van der Waals surface area contributed by atoms with Gasteiger partial charge in [0.1, 0.15) is 0 Å². The Morgan fingerprint density at radius 2 is 1.80 bits per heavy atom. The topological polar surface area (TPSA) is 21.3 Å². The third kappa shape index (κ3) is 6.91. The third-order valence-electron chi connectivity index (χ3n) is 3.05. The maximum absolute atomic E-state index is 5.86. The summed E-state index contributed by atoms with van der Waals surface area (Å²) in [5, 5.41) is 3.51. The summed E-state index contributed by atoms with van der Waals surface area (Å²) in [6.45, 7) is 12.9. The summed E-state index contributed by atoms with van der Waals surface area (Å²) in [5.41, 5.74) is 0. The van der Waals surface area contributed by atoms with Gasteiger partial charge in [-0.1, -0.05) is 40.5 Å². The van der Waals surface area contributed by atoms with Crippen LogP contribution in [-0.4, -0.2) is 25.3 Å². The summed E-state index contributed by atoms with van der Waals surface area (Å²) in [6, 6.07) is 0.513. The predicted octanol–water partition coefficient (Wildman–Crippen LogP) is 3.22. The number of ether oxygens (including phenoxy) is 1. The number of hydrogen-bond donors (Lipinski definition) is 1. The minimum atomic E-state index is 0.403. The van der Waals surface area contributed by atoms with Gasteiger partial charge in [-0.25, -0.2) is 0 Å². The van der Waals surface area contributed by atoms with E-state index in [0.29, 0.717) is 18.1 Å². The van der Waals surface area contributed by atoms with E-state index in [1.54, 1.807) is 0 Å². The van der Waals surface area contributed by atoms with Crippen LogP contribution >= 0.6 is 0 Å². The zero-order valence-corrected chi connectivity index (χ0v) is 11.2. The molecule has 1 N–H and O–H groups in total. The lowest BCUT2D eigenvalue weighted by molar-refractivity contribution is 0.0343. The minimum absolute atomic E-state index is 0.403. The van der Waals surface area contributed by atoms with Gasteiger partial charge in [0.25, 0.3) is 0 Å². The summed E-state index contributed by atoms with van der Waals surface area (Å²) in [6.07, 6.45) is 3.99. The van der Waals surface area contributed by atoms with Gasteiger partial charge >= 0.3 is 0 Å².